The molecule has 5 N–H and O–H groups in total. The van der Waals surface area contributed by atoms with Gasteiger partial charge in [0.05, 0.1) is 84.3 Å². The molecular weight excluding hydrogens is 784 g/mol. The maximum Gasteiger partial charge on any atom is 0.338 e. The van der Waals surface area contributed by atoms with Gasteiger partial charge in [0.25, 0.3) is 5.91 Å². The maximum atomic E-state index is 12.6. The summed E-state index contributed by atoms with van der Waals surface area (Å²) in [4.78, 5) is 36.7. The van der Waals surface area contributed by atoms with Crippen LogP contribution in [0.15, 0.2) is 78.9 Å². The molecule has 3 aromatic rings. The molecule has 330 valence electrons. The molecular formula is C43H58N2O15. The summed E-state index contributed by atoms with van der Waals surface area (Å²) in [5, 5.41) is 34.9. The summed E-state index contributed by atoms with van der Waals surface area (Å²) in [5.74, 6) is -0.317. The van der Waals surface area contributed by atoms with Crippen molar-refractivity contribution in [1.29, 1.82) is 0 Å². The van der Waals surface area contributed by atoms with Gasteiger partial charge >= 0.3 is 5.97 Å². The number of carbonyl (C=O) groups excluding carboxylic acids is 3. The molecule has 17 nitrogen and oxygen atoms in total. The van der Waals surface area contributed by atoms with E-state index in [9.17, 15) is 29.7 Å². The molecule has 2 amide bonds. The van der Waals surface area contributed by atoms with E-state index in [1.54, 1.807) is 37.3 Å². The van der Waals surface area contributed by atoms with Gasteiger partial charge < -0.3 is 68.6 Å². The molecule has 5 atom stereocenters. The van der Waals surface area contributed by atoms with Crippen LogP contribution in [0, 0.1) is 0 Å². The number of benzene rings is 3. The lowest BCUT2D eigenvalue weighted by atomic mass is 10.0. The number of esters is 1. The highest BCUT2D eigenvalue weighted by Crippen LogP contribution is 2.24. The van der Waals surface area contributed by atoms with Crippen molar-refractivity contribution in [2.24, 2.45) is 0 Å². The monoisotopic (exact) mass is 842 g/mol. The molecule has 1 heterocycles. The summed E-state index contributed by atoms with van der Waals surface area (Å²) < 4.78 is 49.0. The van der Waals surface area contributed by atoms with Crippen molar-refractivity contribution in [3.05, 3.63) is 90.0 Å². The van der Waals surface area contributed by atoms with E-state index in [-0.39, 0.29) is 57.9 Å². The molecule has 3 aromatic carbocycles. The summed E-state index contributed by atoms with van der Waals surface area (Å²) >= 11 is 0. The number of hydrogen-bond acceptors (Lipinski definition) is 15. The van der Waals surface area contributed by atoms with Crippen molar-refractivity contribution in [2.45, 2.75) is 50.7 Å². The number of rotatable bonds is 29. The SMILES string of the molecule is C[C@@H]1O[C@@H](OCCOCCNC(=O)CCOCCOCCOCCOCCNC(=O)COc2ccc(-c3cccc(C(=O)OCc4ccccc4)c3)cc2)[C@H](O)[C@H](O)[C@H]1O. The molecule has 4 rings (SSSR count). The fraction of sp³-hybridized carbons (Fsp3) is 0.512. The standard InChI is InChI=1S/C43H58N2O15/c1-31-39(48)40(49)41(50)43(60-31)57-27-26-54-18-15-44-37(46)14-17-52-20-22-55-24-25-56-23-21-53-19-16-45-38(47)30-58-36-12-10-33(11-13-36)34-8-5-9-35(28-34)42(51)59-29-32-6-3-2-4-7-32/h2-13,28,31,39-41,43,48-50H,14-27,29-30H2,1H3,(H,44,46)(H,45,47)/t31-,39-,40+,41+,43+/m0/s1. The molecule has 17 heteroatoms. The van der Waals surface area contributed by atoms with Crippen LogP contribution < -0.4 is 15.4 Å². The van der Waals surface area contributed by atoms with Crippen molar-refractivity contribution in [1.82, 2.24) is 10.6 Å². The smallest absolute Gasteiger partial charge is 0.338 e. The Kier molecular flexibility index (Phi) is 22.5. The fourth-order valence-corrected chi connectivity index (χ4v) is 5.59. The summed E-state index contributed by atoms with van der Waals surface area (Å²) in [6, 6.07) is 24.0. The van der Waals surface area contributed by atoms with E-state index >= 15 is 0 Å². The highest BCUT2D eigenvalue weighted by Gasteiger charge is 2.42. The Morgan fingerprint density at radius 2 is 1.22 bits per heavy atom. The van der Waals surface area contributed by atoms with Gasteiger partial charge in [-0.25, -0.2) is 4.79 Å². The topological polar surface area (TPSA) is 219 Å². The first-order valence-corrected chi connectivity index (χ1v) is 20.0. The van der Waals surface area contributed by atoms with Crippen LogP contribution in [0.25, 0.3) is 11.1 Å². The van der Waals surface area contributed by atoms with Crippen LogP contribution in [0.4, 0.5) is 0 Å². The van der Waals surface area contributed by atoms with Crippen molar-refractivity contribution in [3.8, 4) is 16.9 Å². The minimum atomic E-state index is -1.37. The van der Waals surface area contributed by atoms with E-state index in [0.717, 1.165) is 16.7 Å². The molecule has 0 radical (unpaired) electrons. The molecule has 0 spiro atoms. The van der Waals surface area contributed by atoms with Gasteiger partial charge in [-0.3, -0.25) is 9.59 Å². The number of nitrogens with one attached hydrogen (secondary N) is 2. The number of ether oxygens (including phenoxy) is 9. The molecule has 0 aliphatic carbocycles. The first-order valence-electron chi connectivity index (χ1n) is 20.0. The zero-order valence-corrected chi connectivity index (χ0v) is 33.9. The van der Waals surface area contributed by atoms with Gasteiger partial charge in [-0.1, -0.05) is 54.6 Å². The number of hydrogen-bond donors (Lipinski definition) is 5. The third-order valence-corrected chi connectivity index (χ3v) is 8.91. The largest absolute Gasteiger partial charge is 0.484 e. The predicted octanol–water partition coefficient (Wildman–Crippen LogP) is 1.64. The second-order valence-corrected chi connectivity index (χ2v) is 13.5. The summed E-state index contributed by atoms with van der Waals surface area (Å²) in [6.45, 7) is 5.56. The lowest BCUT2D eigenvalue weighted by Crippen LogP contribution is -2.57. The highest BCUT2D eigenvalue weighted by molar-refractivity contribution is 5.91. The van der Waals surface area contributed by atoms with E-state index in [1.165, 1.54) is 0 Å². The van der Waals surface area contributed by atoms with Crippen molar-refractivity contribution in [3.63, 3.8) is 0 Å². The van der Waals surface area contributed by atoms with E-state index in [4.69, 9.17) is 42.6 Å². The second kappa shape index (κ2) is 28.1. The molecule has 1 aliphatic heterocycles. The normalized spacial score (nSPS) is 18.8. The number of aliphatic hydroxyl groups excluding tert-OH is 3. The van der Waals surface area contributed by atoms with Crippen LogP contribution in [0.3, 0.4) is 0 Å². The Morgan fingerprint density at radius 1 is 0.617 bits per heavy atom. The number of aliphatic hydroxyl groups is 3. The van der Waals surface area contributed by atoms with Crippen molar-refractivity contribution in [2.75, 3.05) is 92.4 Å². The Morgan fingerprint density at radius 3 is 1.88 bits per heavy atom. The lowest BCUT2D eigenvalue weighted by Gasteiger charge is -2.38. The summed E-state index contributed by atoms with van der Waals surface area (Å²) in [6.07, 6.45) is -5.47. The Bertz CT molecular complexity index is 1670. The van der Waals surface area contributed by atoms with Crippen LogP contribution in [-0.2, 0) is 54.1 Å². The molecule has 1 aliphatic rings. The minimum Gasteiger partial charge on any atom is -0.484 e. The van der Waals surface area contributed by atoms with Gasteiger partial charge in [-0.15, -0.1) is 0 Å². The van der Waals surface area contributed by atoms with Gasteiger partial charge in [0.2, 0.25) is 5.91 Å². The van der Waals surface area contributed by atoms with Gasteiger partial charge in [0, 0.05) is 19.5 Å². The first-order chi connectivity index (χ1) is 29.2. The van der Waals surface area contributed by atoms with Crippen molar-refractivity contribution >= 4 is 17.8 Å². The molecule has 1 fully saturated rings. The second-order valence-electron chi connectivity index (χ2n) is 13.5. The summed E-state index contributed by atoms with van der Waals surface area (Å²) in [7, 11) is 0. The maximum absolute atomic E-state index is 12.6. The molecule has 0 saturated carbocycles. The average molecular weight is 843 g/mol. The Labute approximate surface area is 350 Å². The molecule has 0 aromatic heterocycles. The minimum absolute atomic E-state index is 0.0976. The Hall–Kier alpha value is -4.53. The first kappa shape index (κ1) is 48.1. The fourth-order valence-electron chi connectivity index (χ4n) is 5.59. The third-order valence-electron chi connectivity index (χ3n) is 8.91. The number of carbonyl (C=O) groups is 3. The van der Waals surface area contributed by atoms with Crippen LogP contribution in [0.2, 0.25) is 0 Å². The van der Waals surface area contributed by atoms with E-state index in [1.807, 2.05) is 48.5 Å². The van der Waals surface area contributed by atoms with E-state index in [0.29, 0.717) is 70.7 Å². The van der Waals surface area contributed by atoms with Gasteiger partial charge in [-0.2, -0.15) is 0 Å². The quantitative estimate of drug-likeness (QED) is 0.0496. The molecule has 60 heavy (non-hydrogen) atoms. The highest BCUT2D eigenvalue weighted by atomic mass is 16.7. The molecule has 0 bridgehead atoms. The van der Waals surface area contributed by atoms with E-state index < -0.39 is 36.7 Å². The zero-order chi connectivity index (χ0) is 42.8. The predicted molar refractivity (Wildman–Crippen MR) is 216 cm³/mol. The zero-order valence-electron chi connectivity index (χ0n) is 33.9. The average Bonchev–Trinajstić information content (AvgIpc) is 3.27. The van der Waals surface area contributed by atoms with Gasteiger partial charge in [0.15, 0.2) is 12.9 Å². The van der Waals surface area contributed by atoms with Crippen LogP contribution >= 0.6 is 0 Å². The lowest BCUT2D eigenvalue weighted by molar-refractivity contribution is -0.294. The number of amides is 2. The van der Waals surface area contributed by atoms with Crippen molar-refractivity contribution < 1.29 is 72.3 Å². The summed E-state index contributed by atoms with van der Waals surface area (Å²) in [5.41, 5.74) is 3.11. The molecule has 0 unspecified atom stereocenters. The third kappa shape index (κ3) is 18.4. The Balaban J connectivity index is 0.889. The molecule has 1 saturated heterocycles. The van der Waals surface area contributed by atoms with Crippen LogP contribution in [0.5, 0.6) is 5.75 Å². The van der Waals surface area contributed by atoms with Crippen LogP contribution in [0.1, 0.15) is 29.3 Å². The van der Waals surface area contributed by atoms with Gasteiger partial charge in [-0.05, 0) is 47.9 Å². The van der Waals surface area contributed by atoms with E-state index in [2.05, 4.69) is 10.6 Å². The van der Waals surface area contributed by atoms with Gasteiger partial charge in [0.1, 0.15) is 30.7 Å². The van der Waals surface area contributed by atoms with Crippen LogP contribution in [-0.4, -0.2) is 156 Å².